The van der Waals surface area contributed by atoms with E-state index in [0.717, 1.165) is 43.9 Å². The van der Waals surface area contributed by atoms with E-state index in [-0.39, 0.29) is 12.1 Å². The van der Waals surface area contributed by atoms with E-state index in [4.69, 9.17) is 9.15 Å². The van der Waals surface area contributed by atoms with E-state index in [2.05, 4.69) is 14.9 Å². The number of urea groups is 1. The summed E-state index contributed by atoms with van der Waals surface area (Å²) in [6.07, 6.45) is 8.31. The monoisotopic (exact) mass is 346 g/mol. The van der Waals surface area contributed by atoms with Gasteiger partial charge in [0.1, 0.15) is 17.6 Å². The van der Waals surface area contributed by atoms with Gasteiger partial charge in [0, 0.05) is 45.1 Å². The number of hydrogen-bond acceptors (Lipinski definition) is 4. The van der Waals surface area contributed by atoms with Crippen LogP contribution in [-0.2, 0) is 11.2 Å². The van der Waals surface area contributed by atoms with E-state index >= 15 is 0 Å². The number of piperidine rings is 1. The molecular weight excluding hydrogens is 320 g/mol. The lowest BCUT2D eigenvalue weighted by Crippen LogP contribution is -2.46. The van der Waals surface area contributed by atoms with Crippen LogP contribution < -0.4 is 5.32 Å². The van der Waals surface area contributed by atoms with Crippen molar-refractivity contribution in [3.8, 4) is 0 Å². The summed E-state index contributed by atoms with van der Waals surface area (Å²) in [6.45, 7) is 3.88. The Morgan fingerprint density at radius 3 is 2.84 bits per heavy atom. The summed E-state index contributed by atoms with van der Waals surface area (Å²) >= 11 is 0. The summed E-state index contributed by atoms with van der Waals surface area (Å²) in [7, 11) is 1.62. The van der Waals surface area contributed by atoms with Crippen LogP contribution in [0.3, 0.4) is 0 Å². The lowest BCUT2D eigenvalue weighted by atomic mass is 10.1. The Morgan fingerprint density at radius 2 is 2.24 bits per heavy atom. The van der Waals surface area contributed by atoms with Crippen molar-refractivity contribution in [2.75, 3.05) is 26.8 Å². The maximum absolute atomic E-state index is 12.6. The Balaban J connectivity index is 1.56. The number of nitrogens with zero attached hydrogens (tertiary/aromatic N) is 3. The molecule has 3 heterocycles. The fourth-order valence-corrected chi connectivity index (χ4v) is 3.23. The Morgan fingerprint density at radius 1 is 1.44 bits per heavy atom. The van der Waals surface area contributed by atoms with Crippen molar-refractivity contribution in [1.29, 1.82) is 0 Å². The Kier molecular flexibility index (Phi) is 5.75. The fourth-order valence-electron chi connectivity index (χ4n) is 3.23. The van der Waals surface area contributed by atoms with Gasteiger partial charge in [-0.2, -0.15) is 0 Å². The van der Waals surface area contributed by atoms with E-state index < -0.39 is 0 Å². The molecule has 1 fully saturated rings. The maximum atomic E-state index is 12.6. The lowest BCUT2D eigenvalue weighted by molar-refractivity contribution is 0.138. The Labute approximate surface area is 148 Å². The van der Waals surface area contributed by atoms with Gasteiger partial charge in [0.2, 0.25) is 0 Å². The molecular formula is C18H26N4O3. The summed E-state index contributed by atoms with van der Waals surface area (Å²) < 4.78 is 13.2. The van der Waals surface area contributed by atoms with Crippen LogP contribution in [0, 0.1) is 0 Å². The second-order valence-corrected chi connectivity index (χ2v) is 6.34. The molecule has 0 saturated carbocycles. The van der Waals surface area contributed by atoms with Crippen LogP contribution in [0.1, 0.15) is 43.4 Å². The van der Waals surface area contributed by atoms with Crippen molar-refractivity contribution in [2.45, 2.75) is 38.3 Å². The predicted octanol–water partition coefficient (Wildman–Crippen LogP) is 2.77. The van der Waals surface area contributed by atoms with E-state index in [1.165, 1.54) is 0 Å². The quantitative estimate of drug-likeness (QED) is 0.873. The molecule has 0 unspecified atom stereocenters. The number of carbonyl (C=O) groups is 1. The number of amides is 2. The van der Waals surface area contributed by atoms with Crippen molar-refractivity contribution in [3.05, 3.63) is 42.4 Å². The molecule has 2 aromatic rings. The van der Waals surface area contributed by atoms with E-state index in [1.54, 1.807) is 13.3 Å². The third-order valence-electron chi connectivity index (χ3n) is 4.70. The molecule has 2 aromatic heterocycles. The molecule has 3 rings (SSSR count). The number of hydrogen-bond donors (Lipinski definition) is 1. The van der Waals surface area contributed by atoms with Gasteiger partial charge in [0.25, 0.3) is 0 Å². The van der Waals surface area contributed by atoms with Gasteiger partial charge in [-0.3, -0.25) is 0 Å². The highest BCUT2D eigenvalue weighted by Crippen LogP contribution is 2.23. The van der Waals surface area contributed by atoms with Crippen molar-refractivity contribution < 1.29 is 13.9 Å². The molecule has 1 saturated heterocycles. The minimum atomic E-state index is -0.274. The number of rotatable bonds is 6. The predicted molar refractivity (Wildman–Crippen MR) is 93.3 cm³/mol. The topological polar surface area (TPSA) is 72.5 Å². The minimum absolute atomic E-state index is 0.0689. The molecule has 1 N–H and O–H groups in total. The van der Waals surface area contributed by atoms with Crippen LogP contribution >= 0.6 is 0 Å². The van der Waals surface area contributed by atoms with E-state index in [9.17, 15) is 4.79 Å². The number of aromatic nitrogens is 2. The summed E-state index contributed by atoms with van der Waals surface area (Å²) in [5, 5.41) is 3.04. The summed E-state index contributed by atoms with van der Waals surface area (Å²) in [4.78, 5) is 18.6. The SMILES string of the molecule is CCc1ccc([C@H](COC)NC(=O)N2CCC(n3ccnc3)CC2)o1. The zero-order valence-electron chi connectivity index (χ0n) is 14.9. The Hall–Kier alpha value is -2.28. The highest BCUT2D eigenvalue weighted by molar-refractivity contribution is 5.74. The largest absolute Gasteiger partial charge is 0.464 e. The van der Waals surface area contributed by atoms with Crippen LogP contribution in [0.25, 0.3) is 0 Å². The molecule has 7 nitrogen and oxygen atoms in total. The van der Waals surface area contributed by atoms with Crippen LogP contribution in [0.4, 0.5) is 4.79 Å². The molecule has 0 bridgehead atoms. The lowest BCUT2D eigenvalue weighted by Gasteiger charge is -2.33. The van der Waals surface area contributed by atoms with Crippen molar-refractivity contribution in [3.63, 3.8) is 0 Å². The van der Waals surface area contributed by atoms with Gasteiger partial charge in [-0.25, -0.2) is 9.78 Å². The first-order chi connectivity index (χ1) is 12.2. The number of likely N-dealkylation sites (tertiary alicyclic amines) is 1. The second kappa shape index (κ2) is 8.20. The van der Waals surface area contributed by atoms with Crippen LogP contribution in [0.5, 0.6) is 0 Å². The first-order valence-corrected chi connectivity index (χ1v) is 8.81. The van der Waals surface area contributed by atoms with E-state index in [0.29, 0.717) is 12.6 Å². The first kappa shape index (κ1) is 17.5. The van der Waals surface area contributed by atoms with Crippen molar-refractivity contribution in [1.82, 2.24) is 19.8 Å². The highest BCUT2D eigenvalue weighted by atomic mass is 16.5. The molecule has 25 heavy (non-hydrogen) atoms. The van der Waals surface area contributed by atoms with Gasteiger partial charge in [0.05, 0.1) is 12.9 Å². The molecule has 0 aromatic carbocycles. The number of imidazole rings is 1. The molecule has 1 aliphatic heterocycles. The van der Waals surface area contributed by atoms with Crippen LogP contribution in [0.15, 0.2) is 35.3 Å². The molecule has 0 spiro atoms. The van der Waals surface area contributed by atoms with Gasteiger partial charge in [0.15, 0.2) is 0 Å². The van der Waals surface area contributed by atoms with Crippen LogP contribution in [-0.4, -0.2) is 47.3 Å². The van der Waals surface area contributed by atoms with Crippen molar-refractivity contribution in [2.24, 2.45) is 0 Å². The molecule has 7 heteroatoms. The zero-order chi connectivity index (χ0) is 17.6. The number of methoxy groups -OCH3 is 1. The third kappa shape index (κ3) is 4.22. The average Bonchev–Trinajstić information content (AvgIpc) is 3.33. The minimum Gasteiger partial charge on any atom is -0.464 e. The summed E-state index contributed by atoms with van der Waals surface area (Å²) in [6, 6.07) is 3.93. The Bertz CT molecular complexity index is 660. The number of nitrogens with one attached hydrogen (secondary N) is 1. The molecule has 136 valence electrons. The van der Waals surface area contributed by atoms with Gasteiger partial charge in [-0.05, 0) is 25.0 Å². The molecule has 1 atom stereocenters. The number of carbonyl (C=O) groups excluding carboxylic acids is 1. The fraction of sp³-hybridized carbons (Fsp3) is 0.556. The molecule has 1 aliphatic rings. The van der Waals surface area contributed by atoms with Gasteiger partial charge in [-0.1, -0.05) is 6.92 Å². The number of aryl methyl sites for hydroxylation is 1. The first-order valence-electron chi connectivity index (χ1n) is 8.81. The number of ether oxygens (including phenoxy) is 1. The standard InChI is InChI=1S/C18H26N4O3/c1-3-15-4-5-17(25-15)16(12-24-2)20-18(23)21-9-6-14(7-10-21)22-11-8-19-13-22/h4-5,8,11,13-14,16H,3,6-7,9-10,12H2,1-2H3,(H,20,23)/t16-/m0/s1. The molecule has 2 amide bonds. The summed E-state index contributed by atoms with van der Waals surface area (Å²) in [5.74, 6) is 1.65. The smallest absolute Gasteiger partial charge is 0.318 e. The maximum Gasteiger partial charge on any atom is 0.318 e. The molecule has 0 radical (unpaired) electrons. The van der Waals surface area contributed by atoms with Crippen molar-refractivity contribution >= 4 is 6.03 Å². The van der Waals surface area contributed by atoms with Gasteiger partial charge in [-0.15, -0.1) is 0 Å². The average molecular weight is 346 g/mol. The molecule has 0 aliphatic carbocycles. The highest BCUT2D eigenvalue weighted by Gasteiger charge is 2.26. The van der Waals surface area contributed by atoms with Gasteiger partial charge >= 0.3 is 6.03 Å². The van der Waals surface area contributed by atoms with Crippen LogP contribution in [0.2, 0.25) is 0 Å². The summed E-state index contributed by atoms with van der Waals surface area (Å²) in [5.41, 5.74) is 0. The second-order valence-electron chi connectivity index (χ2n) is 6.34. The van der Waals surface area contributed by atoms with Gasteiger partial charge < -0.3 is 23.9 Å². The number of furan rings is 1. The normalized spacial score (nSPS) is 16.8. The zero-order valence-corrected chi connectivity index (χ0v) is 14.9. The van der Waals surface area contributed by atoms with E-state index in [1.807, 2.05) is 36.5 Å². The third-order valence-corrected chi connectivity index (χ3v) is 4.70.